The van der Waals surface area contributed by atoms with Crippen LogP contribution in [0.1, 0.15) is 19.8 Å². The highest BCUT2D eigenvalue weighted by atomic mass is 16.5. The van der Waals surface area contributed by atoms with Crippen molar-refractivity contribution in [2.45, 2.75) is 37.5 Å². The maximum absolute atomic E-state index is 12.3. The Kier molecular flexibility index (Phi) is 4.42. The lowest BCUT2D eigenvalue weighted by molar-refractivity contribution is -0.140. The fraction of sp³-hybridized carbons (Fsp3) is 0.474. The van der Waals surface area contributed by atoms with Crippen LogP contribution in [0.2, 0.25) is 0 Å². The Morgan fingerprint density at radius 1 is 1.35 bits per heavy atom. The standard InChI is InChI=1S/C19H23N3O4/c1-19(24)7-13(8-19)18(23)21-16-11-25-12-17(16)26-15-9-20-22(10-15)14-5-3-2-4-6-14/h2-6,9-10,13,16-17,24H,7-8,11-12H2,1H3,(H,21,23)/t13?,16-,17+,19?/m0/s1. The maximum Gasteiger partial charge on any atom is 0.223 e. The molecule has 2 fully saturated rings. The first-order valence-electron chi connectivity index (χ1n) is 8.87. The largest absolute Gasteiger partial charge is 0.482 e. The van der Waals surface area contributed by atoms with Crippen LogP contribution >= 0.6 is 0 Å². The smallest absolute Gasteiger partial charge is 0.223 e. The number of para-hydroxylation sites is 1. The van der Waals surface area contributed by atoms with Gasteiger partial charge in [-0.25, -0.2) is 4.68 Å². The molecule has 1 saturated carbocycles. The molecule has 1 aromatic heterocycles. The average molecular weight is 357 g/mol. The quantitative estimate of drug-likeness (QED) is 0.842. The van der Waals surface area contributed by atoms with Crippen LogP contribution in [0.5, 0.6) is 5.75 Å². The van der Waals surface area contributed by atoms with Crippen molar-refractivity contribution < 1.29 is 19.4 Å². The van der Waals surface area contributed by atoms with Gasteiger partial charge in [-0.1, -0.05) is 18.2 Å². The fourth-order valence-electron chi connectivity index (χ4n) is 3.54. The summed E-state index contributed by atoms with van der Waals surface area (Å²) in [4.78, 5) is 12.3. The summed E-state index contributed by atoms with van der Waals surface area (Å²) in [5.41, 5.74) is 0.239. The van der Waals surface area contributed by atoms with Crippen LogP contribution in [0, 0.1) is 5.92 Å². The van der Waals surface area contributed by atoms with E-state index in [1.807, 2.05) is 36.5 Å². The van der Waals surface area contributed by atoms with Crippen LogP contribution in [0.3, 0.4) is 0 Å². The molecule has 1 aliphatic heterocycles. The molecule has 1 saturated heterocycles. The third-order valence-corrected chi connectivity index (χ3v) is 4.97. The molecule has 4 rings (SSSR count). The number of rotatable bonds is 5. The van der Waals surface area contributed by atoms with Crippen LogP contribution in [0.25, 0.3) is 5.69 Å². The number of hydrogen-bond donors (Lipinski definition) is 2. The van der Waals surface area contributed by atoms with E-state index in [0.717, 1.165) is 5.69 Å². The maximum atomic E-state index is 12.3. The van der Waals surface area contributed by atoms with E-state index in [0.29, 0.717) is 31.8 Å². The van der Waals surface area contributed by atoms with Gasteiger partial charge in [-0.3, -0.25) is 4.79 Å². The molecule has 26 heavy (non-hydrogen) atoms. The SMILES string of the molecule is CC1(O)CC(C(=O)N[C@H]2COC[C@H]2Oc2cnn(-c3ccccc3)c2)C1. The Morgan fingerprint density at radius 2 is 2.12 bits per heavy atom. The Balaban J connectivity index is 1.36. The third-order valence-electron chi connectivity index (χ3n) is 4.97. The minimum Gasteiger partial charge on any atom is -0.482 e. The highest BCUT2D eigenvalue weighted by Crippen LogP contribution is 2.37. The molecule has 2 aromatic rings. The number of benzene rings is 1. The molecule has 0 spiro atoms. The number of amides is 1. The predicted molar refractivity (Wildman–Crippen MR) is 94.1 cm³/mol. The van der Waals surface area contributed by atoms with Crippen LogP contribution in [-0.4, -0.2) is 51.8 Å². The van der Waals surface area contributed by atoms with Gasteiger partial charge in [0, 0.05) is 5.92 Å². The van der Waals surface area contributed by atoms with Gasteiger partial charge in [0.1, 0.15) is 6.10 Å². The second-order valence-corrected chi connectivity index (χ2v) is 7.37. The molecular formula is C19H23N3O4. The molecule has 138 valence electrons. The lowest BCUT2D eigenvalue weighted by Crippen LogP contribution is -2.53. The van der Waals surface area contributed by atoms with Crippen LogP contribution in [0.4, 0.5) is 0 Å². The van der Waals surface area contributed by atoms with Crippen molar-refractivity contribution in [2.75, 3.05) is 13.2 Å². The van der Waals surface area contributed by atoms with Gasteiger partial charge in [0.15, 0.2) is 5.75 Å². The number of carbonyl (C=O) groups is 1. The number of nitrogens with zero attached hydrogens (tertiary/aromatic N) is 2. The van der Waals surface area contributed by atoms with E-state index in [-0.39, 0.29) is 24.0 Å². The van der Waals surface area contributed by atoms with Gasteiger partial charge in [-0.05, 0) is 31.9 Å². The summed E-state index contributed by atoms with van der Waals surface area (Å²) in [6.07, 6.45) is 4.22. The molecular weight excluding hydrogens is 334 g/mol. The Labute approximate surface area is 151 Å². The van der Waals surface area contributed by atoms with Gasteiger partial charge in [0.05, 0.1) is 42.9 Å². The average Bonchev–Trinajstić information content (AvgIpc) is 3.24. The minimum absolute atomic E-state index is 0.0411. The summed E-state index contributed by atoms with van der Waals surface area (Å²) < 4.78 is 13.2. The monoisotopic (exact) mass is 357 g/mol. The zero-order valence-corrected chi connectivity index (χ0v) is 14.7. The van der Waals surface area contributed by atoms with Crippen LogP contribution < -0.4 is 10.1 Å². The highest BCUT2D eigenvalue weighted by molar-refractivity contribution is 5.80. The second-order valence-electron chi connectivity index (χ2n) is 7.37. The zero-order valence-electron chi connectivity index (χ0n) is 14.7. The topological polar surface area (TPSA) is 85.6 Å². The van der Waals surface area contributed by atoms with E-state index >= 15 is 0 Å². The van der Waals surface area contributed by atoms with Crippen molar-refractivity contribution >= 4 is 5.91 Å². The van der Waals surface area contributed by atoms with E-state index < -0.39 is 5.60 Å². The third kappa shape index (κ3) is 3.59. The summed E-state index contributed by atoms with van der Waals surface area (Å²) >= 11 is 0. The predicted octanol–water partition coefficient (Wildman–Crippen LogP) is 1.30. The van der Waals surface area contributed by atoms with E-state index in [1.54, 1.807) is 17.8 Å². The Morgan fingerprint density at radius 3 is 2.85 bits per heavy atom. The highest BCUT2D eigenvalue weighted by Gasteiger charge is 2.44. The molecule has 2 heterocycles. The molecule has 1 amide bonds. The van der Waals surface area contributed by atoms with Crippen LogP contribution in [-0.2, 0) is 9.53 Å². The molecule has 0 bridgehead atoms. The second kappa shape index (κ2) is 6.74. The van der Waals surface area contributed by atoms with Crippen molar-refractivity contribution in [3.63, 3.8) is 0 Å². The first-order valence-corrected chi connectivity index (χ1v) is 8.87. The van der Waals surface area contributed by atoms with Gasteiger partial charge in [0.2, 0.25) is 5.91 Å². The normalized spacial score (nSPS) is 30.6. The van der Waals surface area contributed by atoms with E-state index in [2.05, 4.69) is 10.4 Å². The molecule has 1 aliphatic carbocycles. The summed E-state index contributed by atoms with van der Waals surface area (Å²) in [5, 5.41) is 17.1. The number of ether oxygens (including phenoxy) is 2. The number of nitrogens with one attached hydrogen (secondary N) is 1. The summed E-state index contributed by atoms with van der Waals surface area (Å²) in [7, 11) is 0. The summed E-state index contributed by atoms with van der Waals surface area (Å²) in [6.45, 7) is 2.60. The lowest BCUT2D eigenvalue weighted by Gasteiger charge is -2.40. The molecule has 2 atom stereocenters. The molecule has 2 aliphatic rings. The van der Waals surface area contributed by atoms with Crippen molar-refractivity contribution in [3.8, 4) is 11.4 Å². The van der Waals surface area contributed by atoms with Crippen molar-refractivity contribution in [1.82, 2.24) is 15.1 Å². The number of hydrogen-bond acceptors (Lipinski definition) is 5. The molecule has 0 unspecified atom stereocenters. The van der Waals surface area contributed by atoms with Crippen molar-refractivity contribution in [2.24, 2.45) is 5.92 Å². The first-order chi connectivity index (χ1) is 12.5. The van der Waals surface area contributed by atoms with Gasteiger partial charge >= 0.3 is 0 Å². The van der Waals surface area contributed by atoms with Gasteiger partial charge in [-0.15, -0.1) is 0 Å². The van der Waals surface area contributed by atoms with Crippen molar-refractivity contribution in [3.05, 3.63) is 42.7 Å². The molecule has 1 aromatic carbocycles. The van der Waals surface area contributed by atoms with Gasteiger partial charge in [-0.2, -0.15) is 5.10 Å². The fourth-order valence-corrected chi connectivity index (χ4v) is 3.54. The molecule has 0 radical (unpaired) electrons. The minimum atomic E-state index is -0.712. The Bertz CT molecular complexity index is 766. The molecule has 7 nitrogen and oxygen atoms in total. The van der Waals surface area contributed by atoms with E-state index in [1.165, 1.54) is 0 Å². The van der Waals surface area contributed by atoms with Gasteiger partial charge in [0.25, 0.3) is 0 Å². The summed E-state index contributed by atoms with van der Waals surface area (Å²) in [6, 6.07) is 9.58. The Hall–Kier alpha value is -2.38. The summed E-state index contributed by atoms with van der Waals surface area (Å²) in [5.74, 6) is 0.461. The first kappa shape index (κ1) is 17.1. The van der Waals surface area contributed by atoms with Crippen molar-refractivity contribution in [1.29, 1.82) is 0 Å². The number of carbonyl (C=O) groups excluding carboxylic acids is 1. The van der Waals surface area contributed by atoms with Gasteiger partial charge < -0.3 is 19.9 Å². The zero-order chi connectivity index (χ0) is 18.1. The van der Waals surface area contributed by atoms with Crippen LogP contribution in [0.15, 0.2) is 42.7 Å². The number of aromatic nitrogens is 2. The number of aliphatic hydroxyl groups is 1. The lowest BCUT2D eigenvalue weighted by atomic mass is 9.71. The molecule has 7 heteroatoms. The molecule has 2 N–H and O–H groups in total. The van der Waals surface area contributed by atoms with E-state index in [4.69, 9.17) is 9.47 Å². The van der Waals surface area contributed by atoms with E-state index in [9.17, 15) is 9.90 Å².